The molecule has 1 aromatic heterocycles. The number of hydrogen-bond acceptors (Lipinski definition) is 5. The van der Waals surface area contributed by atoms with Crippen molar-refractivity contribution < 1.29 is 14.3 Å². The number of carbonyl (C=O) groups excluding carboxylic acids is 1. The number of benzene rings is 1. The maximum Gasteiger partial charge on any atom is 0.176 e. The molecule has 0 amide bonds. The first-order valence-corrected chi connectivity index (χ1v) is 9.77. The standard InChI is InChI=1S/C20H28N2O3S/c1-7-8-11-22-14(3)13(2)21-20(22)26-15(4)19(23)16-9-10-17(24-5)18(12-16)25-6/h9-10,12,15H,7-8,11H2,1-6H3. The van der Waals surface area contributed by atoms with Crippen LogP contribution in [0.1, 0.15) is 48.4 Å². The monoisotopic (exact) mass is 376 g/mol. The first kappa shape index (κ1) is 20.4. The van der Waals surface area contributed by atoms with Gasteiger partial charge in [-0.05, 0) is 45.4 Å². The highest BCUT2D eigenvalue weighted by Crippen LogP contribution is 2.31. The number of nitrogens with zero attached hydrogens (tertiary/aromatic N) is 2. The molecule has 0 aliphatic heterocycles. The Morgan fingerprint density at radius 2 is 1.92 bits per heavy atom. The van der Waals surface area contributed by atoms with E-state index in [2.05, 4.69) is 23.4 Å². The van der Waals surface area contributed by atoms with Crippen molar-refractivity contribution in [2.24, 2.45) is 0 Å². The summed E-state index contributed by atoms with van der Waals surface area (Å²) in [6.45, 7) is 9.14. The summed E-state index contributed by atoms with van der Waals surface area (Å²) in [7, 11) is 3.15. The molecule has 1 heterocycles. The van der Waals surface area contributed by atoms with Gasteiger partial charge in [0.05, 0.1) is 25.2 Å². The number of unbranched alkanes of at least 4 members (excludes halogenated alkanes) is 1. The Bertz CT molecular complexity index is 771. The average Bonchev–Trinajstić information content (AvgIpc) is 2.91. The zero-order valence-corrected chi connectivity index (χ0v) is 17.3. The number of rotatable bonds is 9. The lowest BCUT2D eigenvalue weighted by Crippen LogP contribution is -2.15. The molecule has 1 atom stereocenters. The molecule has 0 aliphatic rings. The molecule has 2 aromatic rings. The lowest BCUT2D eigenvalue weighted by Gasteiger charge is -2.14. The highest BCUT2D eigenvalue weighted by atomic mass is 32.2. The Morgan fingerprint density at radius 3 is 2.54 bits per heavy atom. The Kier molecular flexibility index (Phi) is 7.14. The van der Waals surface area contributed by atoms with Crippen LogP contribution in [0.15, 0.2) is 23.4 Å². The maximum atomic E-state index is 12.9. The Hall–Kier alpha value is -1.95. The van der Waals surface area contributed by atoms with Crippen molar-refractivity contribution in [2.45, 2.75) is 57.5 Å². The number of hydrogen-bond donors (Lipinski definition) is 0. The van der Waals surface area contributed by atoms with Crippen LogP contribution in [-0.4, -0.2) is 34.8 Å². The van der Waals surface area contributed by atoms with Crippen molar-refractivity contribution in [3.05, 3.63) is 35.2 Å². The van der Waals surface area contributed by atoms with Gasteiger partial charge in [0.2, 0.25) is 0 Å². The van der Waals surface area contributed by atoms with E-state index >= 15 is 0 Å². The number of aromatic nitrogens is 2. The summed E-state index contributed by atoms with van der Waals surface area (Å²) in [4.78, 5) is 17.5. The predicted octanol–water partition coefficient (Wildman–Crippen LogP) is 4.68. The van der Waals surface area contributed by atoms with Crippen LogP contribution in [0.3, 0.4) is 0 Å². The zero-order chi connectivity index (χ0) is 19.3. The molecule has 5 nitrogen and oxygen atoms in total. The summed E-state index contributed by atoms with van der Waals surface area (Å²) in [6.07, 6.45) is 2.23. The minimum atomic E-state index is -0.241. The van der Waals surface area contributed by atoms with Gasteiger partial charge in [-0.3, -0.25) is 4.79 Å². The molecule has 142 valence electrons. The average molecular weight is 377 g/mol. The molecule has 0 spiro atoms. The van der Waals surface area contributed by atoms with Gasteiger partial charge in [-0.1, -0.05) is 25.1 Å². The van der Waals surface area contributed by atoms with Crippen LogP contribution < -0.4 is 9.47 Å². The normalized spacial score (nSPS) is 12.1. The van der Waals surface area contributed by atoms with Crippen molar-refractivity contribution in [2.75, 3.05) is 14.2 Å². The quantitative estimate of drug-likeness (QED) is 0.470. The van der Waals surface area contributed by atoms with Gasteiger partial charge in [0, 0.05) is 17.8 Å². The van der Waals surface area contributed by atoms with Crippen LogP contribution in [-0.2, 0) is 6.54 Å². The second-order valence-electron chi connectivity index (χ2n) is 6.26. The molecule has 0 N–H and O–H groups in total. The topological polar surface area (TPSA) is 53.4 Å². The molecule has 6 heteroatoms. The molecule has 0 radical (unpaired) electrons. The molecule has 1 aromatic carbocycles. The molecule has 26 heavy (non-hydrogen) atoms. The van der Waals surface area contributed by atoms with E-state index in [0.29, 0.717) is 17.1 Å². The minimum Gasteiger partial charge on any atom is -0.493 e. The van der Waals surface area contributed by atoms with Gasteiger partial charge < -0.3 is 14.0 Å². The molecule has 0 bridgehead atoms. The maximum absolute atomic E-state index is 12.9. The van der Waals surface area contributed by atoms with Gasteiger partial charge in [-0.25, -0.2) is 4.98 Å². The fourth-order valence-corrected chi connectivity index (χ4v) is 3.83. The fraction of sp³-hybridized carbons (Fsp3) is 0.500. The molecule has 1 unspecified atom stereocenters. The molecular weight excluding hydrogens is 348 g/mol. The third-order valence-corrected chi connectivity index (χ3v) is 5.57. The van der Waals surface area contributed by atoms with Crippen molar-refractivity contribution in [3.63, 3.8) is 0 Å². The zero-order valence-electron chi connectivity index (χ0n) is 16.5. The Morgan fingerprint density at radius 1 is 1.23 bits per heavy atom. The van der Waals surface area contributed by atoms with E-state index in [1.807, 2.05) is 13.8 Å². The first-order chi connectivity index (χ1) is 12.4. The second-order valence-corrected chi connectivity index (χ2v) is 7.57. The van der Waals surface area contributed by atoms with Crippen LogP contribution in [0.25, 0.3) is 0 Å². The summed E-state index contributed by atoms with van der Waals surface area (Å²) in [5.41, 5.74) is 2.81. The predicted molar refractivity (Wildman–Crippen MR) is 106 cm³/mol. The summed E-state index contributed by atoms with van der Waals surface area (Å²) in [5, 5.41) is 0.671. The van der Waals surface area contributed by atoms with E-state index in [1.165, 1.54) is 17.5 Å². The van der Waals surface area contributed by atoms with Crippen LogP contribution >= 0.6 is 11.8 Å². The molecule has 0 fully saturated rings. The highest BCUT2D eigenvalue weighted by molar-refractivity contribution is 8.00. The smallest absolute Gasteiger partial charge is 0.176 e. The van der Waals surface area contributed by atoms with Crippen LogP contribution in [0, 0.1) is 13.8 Å². The summed E-state index contributed by atoms with van der Waals surface area (Å²) in [5.74, 6) is 1.23. The van der Waals surface area contributed by atoms with Crippen LogP contribution in [0.4, 0.5) is 0 Å². The highest BCUT2D eigenvalue weighted by Gasteiger charge is 2.22. The van der Waals surface area contributed by atoms with Gasteiger partial charge in [0.1, 0.15) is 0 Å². The Labute approximate surface area is 160 Å². The summed E-state index contributed by atoms with van der Waals surface area (Å²) in [6, 6.07) is 5.28. The van der Waals surface area contributed by atoms with Gasteiger partial charge in [-0.2, -0.15) is 0 Å². The van der Waals surface area contributed by atoms with Gasteiger partial charge in [0.25, 0.3) is 0 Å². The lowest BCUT2D eigenvalue weighted by atomic mass is 10.1. The first-order valence-electron chi connectivity index (χ1n) is 8.89. The molecule has 0 saturated heterocycles. The van der Waals surface area contributed by atoms with Crippen molar-refractivity contribution in [3.8, 4) is 11.5 Å². The number of Topliss-reactive ketones (excluding diaryl/α,β-unsaturated/α-hetero) is 1. The third-order valence-electron chi connectivity index (χ3n) is 4.48. The molecular formula is C20H28N2O3S. The van der Waals surface area contributed by atoms with Gasteiger partial charge in [0.15, 0.2) is 22.4 Å². The number of ketones is 1. The Balaban J connectivity index is 2.21. The van der Waals surface area contributed by atoms with E-state index in [9.17, 15) is 4.79 Å². The van der Waals surface area contributed by atoms with E-state index in [1.54, 1.807) is 32.4 Å². The van der Waals surface area contributed by atoms with Crippen LogP contribution in [0.5, 0.6) is 11.5 Å². The minimum absolute atomic E-state index is 0.0521. The van der Waals surface area contributed by atoms with E-state index in [0.717, 1.165) is 30.2 Å². The van der Waals surface area contributed by atoms with Gasteiger partial charge >= 0.3 is 0 Å². The lowest BCUT2D eigenvalue weighted by molar-refractivity contribution is 0.0993. The largest absolute Gasteiger partial charge is 0.493 e. The van der Waals surface area contributed by atoms with E-state index < -0.39 is 0 Å². The number of aryl methyl sites for hydroxylation is 1. The van der Waals surface area contributed by atoms with Gasteiger partial charge in [-0.15, -0.1) is 0 Å². The summed E-state index contributed by atoms with van der Waals surface area (Å²) >= 11 is 1.51. The molecule has 0 saturated carbocycles. The number of imidazole rings is 1. The van der Waals surface area contributed by atoms with Crippen molar-refractivity contribution in [1.29, 1.82) is 0 Å². The number of ether oxygens (including phenoxy) is 2. The van der Waals surface area contributed by atoms with E-state index in [-0.39, 0.29) is 11.0 Å². The SMILES string of the molecule is CCCCn1c(SC(C)C(=O)c2ccc(OC)c(OC)c2)nc(C)c1C. The van der Waals surface area contributed by atoms with Crippen molar-refractivity contribution >= 4 is 17.5 Å². The van der Waals surface area contributed by atoms with E-state index in [4.69, 9.17) is 9.47 Å². The summed E-state index contributed by atoms with van der Waals surface area (Å²) < 4.78 is 12.8. The number of carbonyl (C=O) groups is 1. The molecule has 0 aliphatic carbocycles. The number of methoxy groups -OCH3 is 2. The van der Waals surface area contributed by atoms with Crippen molar-refractivity contribution in [1.82, 2.24) is 9.55 Å². The van der Waals surface area contributed by atoms with Crippen LogP contribution in [0.2, 0.25) is 0 Å². The third kappa shape index (κ3) is 4.41. The fourth-order valence-electron chi connectivity index (χ4n) is 2.73. The second kappa shape index (κ2) is 9.12. The molecule has 2 rings (SSSR count). The number of thioether (sulfide) groups is 1.